The third-order valence-corrected chi connectivity index (χ3v) is 5.96. The number of esters is 3. The van der Waals surface area contributed by atoms with Gasteiger partial charge in [0.2, 0.25) is 12.5 Å². The zero-order valence-electron chi connectivity index (χ0n) is 21.9. The van der Waals surface area contributed by atoms with Crippen molar-refractivity contribution in [3.8, 4) is 17.2 Å². The highest BCUT2D eigenvalue weighted by molar-refractivity contribution is 5.89. The fourth-order valence-electron chi connectivity index (χ4n) is 3.08. The Labute approximate surface area is 210 Å². The first-order chi connectivity index (χ1) is 16.9. The van der Waals surface area contributed by atoms with Crippen LogP contribution in [0.5, 0.6) is 17.2 Å². The summed E-state index contributed by atoms with van der Waals surface area (Å²) in [6.07, 6.45) is -0.252. The van der Waals surface area contributed by atoms with Gasteiger partial charge in [-0.05, 0) is 60.6 Å². The van der Waals surface area contributed by atoms with Crippen LogP contribution in [0.15, 0.2) is 35.4 Å². The molecule has 0 bridgehead atoms. The molecule has 0 radical (unpaired) electrons. The smallest absolute Gasteiger partial charge is 0.342 e. The Hall–Kier alpha value is -3.53. The lowest BCUT2D eigenvalue weighted by atomic mass is 9.99. The molecule has 10 nitrogen and oxygen atoms in total. The van der Waals surface area contributed by atoms with Crippen LogP contribution in [0.1, 0.15) is 60.1 Å². The molecule has 0 saturated heterocycles. The Kier molecular flexibility index (Phi) is 9.52. The molecule has 1 aliphatic rings. The van der Waals surface area contributed by atoms with Crippen molar-refractivity contribution >= 4 is 17.9 Å². The molecule has 2 rings (SSSR count). The molecule has 0 spiro atoms. The fraction of sp³-hybridized carbons (Fsp3) is 0.500. The first-order valence-electron chi connectivity index (χ1n) is 11.5. The Bertz CT molecular complexity index is 1050. The van der Waals surface area contributed by atoms with Crippen molar-refractivity contribution in [3.05, 3.63) is 41.0 Å². The number of rotatable bonds is 10. The zero-order chi connectivity index (χ0) is 27.2. The number of aliphatic hydroxyl groups is 1. The minimum atomic E-state index is -2.18. The molecule has 0 aliphatic carbocycles. The van der Waals surface area contributed by atoms with Crippen molar-refractivity contribution in [2.75, 3.05) is 13.9 Å². The van der Waals surface area contributed by atoms with Gasteiger partial charge in [-0.15, -0.1) is 0 Å². The molecule has 36 heavy (non-hydrogen) atoms. The Balaban J connectivity index is 2.34. The monoisotopic (exact) mass is 506 g/mol. The van der Waals surface area contributed by atoms with Crippen molar-refractivity contribution < 1.29 is 47.9 Å². The summed E-state index contributed by atoms with van der Waals surface area (Å²) in [7, 11) is 1.45. The number of hydrogen-bond donors (Lipinski definition) is 1. The number of allylic oxidation sites excluding steroid dienone is 2. The number of ether oxygens (including phenoxy) is 6. The van der Waals surface area contributed by atoms with Crippen molar-refractivity contribution in [1.82, 2.24) is 0 Å². The van der Waals surface area contributed by atoms with E-state index in [-0.39, 0.29) is 6.79 Å². The van der Waals surface area contributed by atoms with Crippen LogP contribution in [-0.2, 0) is 28.6 Å². The number of benzene rings is 1. The highest BCUT2D eigenvalue weighted by Gasteiger charge is 2.43. The van der Waals surface area contributed by atoms with E-state index in [1.165, 1.54) is 27.9 Å². The standard InChI is InChI=1S/C26H34O10/c1-9-14(3)23(27)35-17(6)26(7,30)25(29)34-16(5)21(36-24(28)15(4)10-2)18-11-19(31-8)22-20(12-18)32-13-33-22/h9-12,16-17,21,30H,13H2,1-8H3/b14-9+,15-10-. The van der Waals surface area contributed by atoms with Gasteiger partial charge in [-0.3, -0.25) is 0 Å². The summed E-state index contributed by atoms with van der Waals surface area (Å²) in [5.74, 6) is -1.25. The number of carbonyl (C=O) groups excluding carboxylic acids is 3. The van der Waals surface area contributed by atoms with Gasteiger partial charge >= 0.3 is 17.9 Å². The van der Waals surface area contributed by atoms with Crippen LogP contribution in [0, 0.1) is 0 Å². The van der Waals surface area contributed by atoms with Crippen LogP contribution in [0.3, 0.4) is 0 Å². The van der Waals surface area contributed by atoms with Gasteiger partial charge in [-0.25, -0.2) is 14.4 Å². The maximum atomic E-state index is 13.0. The van der Waals surface area contributed by atoms with E-state index < -0.39 is 41.8 Å². The summed E-state index contributed by atoms with van der Waals surface area (Å²) in [6.45, 7) is 10.6. The number of hydrogen-bond acceptors (Lipinski definition) is 10. The second-order valence-electron chi connectivity index (χ2n) is 8.53. The van der Waals surface area contributed by atoms with Crippen LogP contribution in [0.2, 0.25) is 0 Å². The first-order valence-corrected chi connectivity index (χ1v) is 11.5. The van der Waals surface area contributed by atoms with Gasteiger partial charge in [0.05, 0.1) is 7.11 Å². The number of carbonyl (C=O) groups is 3. The molecule has 0 aromatic heterocycles. The maximum absolute atomic E-state index is 13.0. The van der Waals surface area contributed by atoms with Gasteiger partial charge in [0.25, 0.3) is 0 Å². The van der Waals surface area contributed by atoms with Crippen molar-refractivity contribution in [2.24, 2.45) is 0 Å². The summed E-state index contributed by atoms with van der Waals surface area (Å²) in [4.78, 5) is 37.7. The normalized spacial score (nSPS) is 17.4. The summed E-state index contributed by atoms with van der Waals surface area (Å²) in [5.41, 5.74) is -1.10. The summed E-state index contributed by atoms with van der Waals surface area (Å²) >= 11 is 0. The molecule has 0 fully saturated rings. The lowest BCUT2D eigenvalue weighted by molar-refractivity contribution is -0.192. The molecule has 1 aromatic carbocycles. The Morgan fingerprint density at radius 1 is 1.00 bits per heavy atom. The van der Waals surface area contributed by atoms with Gasteiger partial charge in [-0.1, -0.05) is 12.2 Å². The minimum Gasteiger partial charge on any atom is -0.493 e. The average Bonchev–Trinajstić information content (AvgIpc) is 3.33. The molecule has 10 heteroatoms. The predicted molar refractivity (Wildman–Crippen MR) is 129 cm³/mol. The van der Waals surface area contributed by atoms with E-state index in [4.69, 9.17) is 28.4 Å². The van der Waals surface area contributed by atoms with Crippen LogP contribution < -0.4 is 14.2 Å². The van der Waals surface area contributed by atoms with Gasteiger partial charge in [-0.2, -0.15) is 0 Å². The zero-order valence-corrected chi connectivity index (χ0v) is 21.9. The lowest BCUT2D eigenvalue weighted by Gasteiger charge is -2.31. The molecule has 1 aromatic rings. The van der Waals surface area contributed by atoms with Crippen molar-refractivity contribution in [2.45, 2.75) is 72.4 Å². The van der Waals surface area contributed by atoms with E-state index in [2.05, 4.69) is 0 Å². The molecule has 198 valence electrons. The van der Waals surface area contributed by atoms with Crippen LogP contribution in [0.4, 0.5) is 0 Å². The molecule has 4 unspecified atom stereocenters. The molecule has 0 saturated carbocycles. The third-order valence-electron chi connectivity index (χ3n) is 5.96. The third kappa shape index (κ3) is 6.37. The molecule has 1 heterocycles. The molecule has 4 atom stereocenters. The van der Waals surface area contributed by atoms with Crippen molar-refractivity contribution in [1.29, 1.82) is 0 Å². The Morgan fingerprint density at radius 2 is 1.58 bits per heavy atom. The first kappa shape index (κ1) is 28.7. The van der Waals surface area contributed by atoms with E-state index in [1.807, 2.05) is 0 Å². The SMILES string of the molecule is C/C=C(/C)C(=O)OC(c1cc(OC)c2c(c1)OCO2)C(C)OC(=O)C(C)(O)C(C)OC(=O)/C(C)=C/C. The van der Waals surface area contributed by atoms with Gasteiger partial charge < -0.3 is 33.5 Å². The van der Waals surface area contributed by atoms with E-state index in [0.717, 1.165) is 0 Å². The average molecular weight is 507 g/mol. The molecular formula is C26H34O10. The second-order valence-corrected chi connectivity index (χ2v) is 8.53. The molecule has 1 aliphatic heterocycles. The van der Waals surface area contributed by atoms with E-state index >= 15 is 0 Å². The fourth-order valence-corrected chi connectivity index (χ4v) is 3.08. The van der Waals surface area contributed by atoms with E-state index in [1.54, 1.807) is 52.0 Å². The van der Waals surface area contributed by atoms with Gasteiger partial charge in [0, 0.05) is 16.7 Å². The van der Waals surface area contributed by atoms with E-state index in [0.29, 0.717) is 34.0 Å². The molecular weight excluding hydrogens is 472 g/mol. The van der Waals surface area contributed by atoms with Crippen molar-refractivity contribution in [3.63, 3.8) is 0 Å². The topological polar surface area (TPSA) is 127 Å². The summed E-state index contributed by atoms with van der Waals surface area (Å²) < 4.78 is 32.7. The summed E-state index contributed by atoms with van der Waals surface area (Å²) in [6, 6.07) is 3.18. The number of fused-ring (bicyclic) bond motifs is 1. The van der Waals surface area contributed by atoms with E-state index in [9.17, 15) is 19.5 Å². The van der Waals surface area contributed by atoms with Crippen LogP contribution >= 0.6 is 0 Å². The second kappa shape index (κ2) is 11.9. The lowest BCUT2D eigenvalue weighted by Crippen LogP contribution is -2.49. The van der Waals surface area contributed by atoms with Crippen LogP contribution in [-0.4, -0.2) is 54.7 Å². The molecule has 0 amide bonds. The number of methoxy groups -OCH3 is 1. The maximum Gasteiger partial charge on any atom is 0.342 e. The minimum absolute atomic E-state index is 0.00596. The highest BCUT2D eigenvalue weighted by Crippen LogP contribution is 2.44. The van der Waals surface area contributed by atoms with Crippen LogP contribution in [0.25, 0.3) is 0 Å². The quantitative estimate of drug-likeness (QED) is 0.286. The molecule has 1 N–H and O–H groups in total. The predicted octanol–water partition coefficient (Wildman–Crippen LogP) is 3.56. The van der Waals surface area contributed by atoms with Gasteiger partial charge in [0.1, 0.15) is 12.2 Å². The van der Waals surface area contributed by atoms with Gasteiger partial charge in [0.15, 0.2) is 23.2 Å². The Morgan fingerprint density at radius 3 is 2.14 bits per heavy atom. The highest BCUT2D eigenvalue weighted by atomic mass is 16.7. The largest absolute Gasteiger partial charge is 0.493 e. The summed E-state index contributed by atoms with van der Waals surface area (Å²) in [5, 5.41) is 10.8.